The number of benzene rings is 1. The van der Waals surface area contributed by atoms with Gasteiger partial charge in [-0.2, -0.15) is 0 Å². The standard InChI is InChI=1S/C20H27N3OS/c1-15(2)16-6-8-17(9-7-16)19(24)21-11-10-18-14-25-20(22-18)23-12-4-3-5-13-23/h6-9,14-15H,3-5,10-13H2,1-2H3,(H,21,24). The lowest BCUT2D eigenvalue weighted by atomic mass is 10.0. The smallest absolute Gasteiger partial charge is 0.251 e. The molecule has 1 saturated heterocycles. The van der Waals surface area contributed by atoms with Crippen LogP contribution in [0.5, 0.6) is 0 Å². The van der Waals surface area contributed by atoms with Crippen molar-refractivity contribution in [1.82, 2.24) is 10.3 Å². The first kappa shape index (κ1) is 17.9. The number of carbonyl (C=O) groups is 1. The highest BCUT2D eigenvalue weighted by Crippen LogP contribution is 2.24. The molecule has 0 atom stereocenters. The van der Waals surface area contributed by atoms with E-state index in [1.165, 1.54) is 24.8 Å². The second-order valence-electron chi connectivity index (χ2n) is 6.95. The van der Waals surface area contributed by atoms with Crippen LogP contribution >= 0.6 is 11.3 Å². The number of anilines is 1. The topological polar surface area (TPSA) is 45.2 Å². The van der Waals surface area contributed by atoms with Gasteiger partial charge in [0.1, 0.15) is 0 Å². The first-order valence-corrected chi connectivity index (χ1v) is 10.1. The van der Waals surface area contributed by atoms with Gasteiger partial charge in [-0.05, 0) is 42.9 Å². The molecule has 1 aliphatic heterocycles. The highest BCUT2D eigenvalue weighted by Gasteiger charge is 2.14. The predicted molar refractivity (Wildman–Crippen MR) is 105 cm³/mol. The highest BCUT2D eigenvalue weighted by atomic mass is 32.1. The van der Waals surface area contributed by atoms with E-state index >= 15 is 0 Å². The van der Waals surface area contributed by atoms with Crippen LogP contribution in [0.2, 0.25) is 0 Å². The monoisotopic (exact) mass is 357 g/mol. The van der Waals surface area contributed by atoms with Gasteiger partial charge in [-0.15, -0.1) is 11.3 Å². The summed E-state index contributed by atoms with van der Waals surface area (Å²) in [6.45, 7) is 7.17. The molecule has 1 aromatic carbocycles. The van der Waals surface area contributed by atoms with Gasteiger partial charge in [0.25, 0.3) is 5.91 Å². The summed E-state index contributed by atoms with van der Waals surface area (Å²) in [4.78, 5) is 19.3. The van der Waals surface area contributed by atoms with E-state index in [2.05, 4.69) is 29.4 Å². The van der Waals surface area contributed by atoms with Crippen molar-refractivity contribution >= 4 is 22.4 Å². The van der Waals surface area contributed by atoms with Crippen LogP contribution in [-0.4, -0.2) is 30.5 Å². The Bertz CT molecular complexity index is 687. The van der Waals surface area contributed by atoms with E-state index in [4.69, 9.17) is 4.98 Å². The fourth-order valence-corrected chi connectivity index (χ4v) is 3.98. The Kier molecular flexibility index (Phi) is 6.08. The largest absolute Gasteiger partial charge is 0.352 e. The maximum atomic E-state index is 12.2. The number of nitrogens with zero attached hydrogens (tertiary/aromatic N) is 2. The molecule has 3 rings (SSSR count). The zero-order valence-electron chi connectivity index (χ0n) is 15.1. The van der Waals surface area contributed by atoms with Crippen LogP contribution in [0.25, 0.3) is 0 Å². The minimum atomic E-state index is -0.0122. The number of thiazole rings is 1. The number of nitrogens with one attached hydrogen (secondary N) is 1. The molecule has 2 heterocycles. The van der Waals surface area contributed by atoms with Crippen molar-refractivity contribution in [2.75, 3.05) is 24.5 Å². The minimum Gasteiger partial charge on any atom is -0.352 e. The molecule has 0 saturated carbocycles. The molecule has 1 amide bonds. The van der Waals surface area contributed by atoms with E-state index < -0.39 is 0 Å². The molecule has 1 aliphatic rings. The lowest BCUT2D eigenvalue weighted by Crippen LogP contribution is -2.29. The van der Waals surface area contributed by atoms with Gasteiger partial charge in [0.15, 0.2) is 5.13 Å². The number of hydrogen-bond donors (Lipinski definition) is 1. The van der Waals surface area contributed by atoms with Gasteiger partial charge in [0.05, 0.1) is 5.69 Å². The van der Waals surface area contributed by atoms with Crippen LogP contribution < -0.4 is 10.2 Å². The highest BCUT2D eigenvalue weighted by molar-refractivity contribution is 7.13. The molecular weight excluding hydrogens is 330 g/mol. The molecular formula is C20H27N3OS. The summed E-state index contributed by atoms with van der Waals surface area (Å²) >= 11 is 1.72. The summed E-state index contributed by atoms with van der Waals surface area (Å²) in [6, 6.07) is 7.87. The Hall–Kier alpha value is -1.88. The van der Waals surface area contributed by atoms with Crippen molar-refractivity contribution < 1.29 is 4.79 Å². The van der Waals surface area contributed by atoms with E-state index in [0.717, 1.165) is 35.9 Å². The van der Waals surface area contributed by atoms with Crippen molar-refractivity contribution in [2.24, 2.45) is 0 Å². The molecule has 0 bridgehead atoms. The molecule has 5 heteroatoms. The predicted octanol–water partition coefficient (Wildman–Crippen LogP) is 4.23. The molecule has 1 aromatic heterocycles. The third-order valence-corrected chi connectivity index (χ3v) is 5.62. The molecule has 0 unspecified atom stereocenters. The van der Waals surface area contributed by atoms with Gasteiger partial charge in [-0.25, -0.2) is 4.98 Å². The lowest BCUT2D eigenvalue weighted by Gasteiger charge is -2.25. The second-order valence-corrected chi connectivity index (χ2v) is 7.79. The molecule has 1 N–H and O–H groups in total. The van der Waals surface area contributed by atoms with E-state index in [0.29, 0.717) is 12.5 Å². The molecule has 4 nitrogen and oxygen atoms in total. The lowest BCUT2D eigenvalue weighted by molar-refractivity contribution is 0.0954. The molecule has 0 aliphatic carbocycles. The van der Waals surface area contributed by atoms with Gasteiger partial charge in [0, 0.05) is 37.0 Å². The van der Waals surface area contributed by atoms with Gasteiger partial charge in [-0.3, -0.25) is 4.79 Å². The fraction of sp³-hybridized carbons (Fsp3) is 0.500. The number of hydrogen-bond acceptors (Lipinski definition) is 4. The van der Waals surface area contributed by atoms with E-state index in [1.54, 1.807) is 11.3 Å². The van der Waals surface area contributed by atoms with E-state index in [-0.39, 0.29) is 5.91 Å². The second kappa shape index (κ2) is 8.48. The van der Waals surface area contributed by atoms with E-state index in [9.17, 15) is 4.79 Å². The summed E-state index contributed by atoms with van der Waals surface area (Å²) in [7, 11) is 0. The third-order valence-electron chi connectivity index (χ3n) is 4.67. The first-order chi connectivity index (χ1) is 12.1. The van der Waals surface area contributed by atoms with Gasteiger partial charge >= 0.3 is 0 Å². The number of carbonyl (C=O) groups excluding carboxylic acids is 1. The Morgan fingerprint density at radius 1 is 1.20 bits per heavy atom. The van der Waals surface area contributed by atoms with Crippen LogP contribution in [-0.2, 0) is 6.42 Å². The number of aromatic nitrogens is 1. The molecule has 0 radical (unpaired) electrons. The van der Waals surface area contributed by atoms with Crippen molar-refractivity contribution in [3.05, 3.63) is 46.5 Å². The zero-order chi connectivity index (χ0) is 17.6. The first-order valence-electron chi connectivity index (χ1n) is 9.21. The van der Waals surface area contributed by atoms with Crippen LogP contribution in [0, 0.1) is 0 Å². The average molecular weight is 358 g/mol. The Labute approximate surface area is 154 Å². The number of rotatable bonds is 6. The summed E-state index contributed by atoms with van der Waals surface area (Å²) < 4.78 is 0. The average Bonchev–Trinajstić information content (AvgIpc) is 3.11. The fourth-order valence-electron chi connectivity index (χ4n) is 3.07. The Balaban J connectivity index is 1.47. The maximum absolute atomic E-state index is 12.2. The van der Waals surface area contributed by atoms with Crippen molar-refractivity contribution in [3.63, 3.8) is 0 Å². The maximum Gasteiger partial charge on any atom is 0.251 e. The third kappa shape index (κ3) is 4.82. The molecule has 1 fully saturated rings. The normalized spacial score (nSPS) is 14.8. The van der Waals surface area contributed by atoms with Gasteiger partial charge < -0.3 is 10.2 Å². The van der Waals surface area contributed by atoms with Crippen LogP contribution in [0.4, 0.5) is 5.13 Å². The summed E-state index contributed by atoms with van der Waals surface area (Å²) in [5, 5.41) is 6.25. The van der Waals surface area contributed by atoms with Crippen LogP contribution in [0.3, 0.4) is 0 Å². The summed E-state index contributed by atoms with van der Waals surface area (Å²) in [5.74, 6) is 0.470. The Morgan fingerprint density at radius 2 is 1.92 bits per heavy atom. The number of piperidine rings is 1. The van der Waals surface area contributed by atoms with Crippen molar-refractivity contribution in [1.29, 1.82) is 0 Å². The van der Waals surface area contributed by atoms with Crippen molar-refractivity contribution in [3.8, 4) is 0 Å². The van der Waals surface area contributed by atoms with Crippen LogP contribution in [0.1, 0.15) is 60.6 Å². The molecule has 2 aromatic rings. The SMILES string of the molecule is CC(C)c1ccc(C(=O)NCCc2csc(N3CCCCC3)n2)cc1. The molecule has 134 valence electrons. The van der Waals surface area contributed by atoms with E-state index in [1.807, 2.05) is 24.3 Å². The van der Waals surface area contributed by atoms with Crippen molar-refractivity contribution in [2.45, 2.75) is 45.4 Å². The summed E-state index contributed by atoms with van der Waals surface area (Å²) in [5.41, 5.74) is 3.04. The Morgan fingerprint density at radius 3 is 2.60 bits per heavy atom. The molecule has 25 heavy (non-hydrogen) atoms. The molecule has 0 spiro atoms. The van der Waals surface area contributed by atoms with Crippen LogP contribution in [0.15, 0.2) is 29.6 Å². The number of amides is 1. The quantitative estimate of drug-likeness (QED) is 0.841. The van der Waals surface area contributed by atoms with Gasteiger partial charge in [0.2, 0.25) is 0 Å². The summed E-state index contributed by atoms with van der Waals surface area (Å²) in [6.07, 6.45) is 4.64. The van der Waals surface area contributed by atoms with Gasteiger partial charge in [-0.1, -0.05) is 26.0 Å². The minimum absolute atomic E-state index is 0.0122. The zero-order valence-corrected chi connectivity index (χ0v) is 15.9.